The molecule has 0 radical (unpaired) electrons. The van der Waals surface area contributed by atoms with Crippen LogP contribution >= 0.6 is 22.6 Å². The number of phenolic OH excluding ortho intramolecular Hbond substituents is 1. The third-order valence-corrected chi connectivity index (χ3v) is 5.18. The van der Waals surface area contributed by atoms with Crippen LogP contribution < -0.4 is 14.9 Å². The first-order valence-corrected chi connectivity index (χ1v) is 10.7. The van der Waals surface area contributed by atoms with Gasteiger partial charge in [-0.25, -0.2) is 10.2 Å². The second kappa shape index (κ2) is 10.8. The molecule has 0 aliphatic rings. The highest BCUT2D eigenvalue weighted by atomic mass is 127. The van der Waals surface area contributed by atoms with Crippen LogP contribution in [0.2, 0.25) is 0 Å². The maximum absolute atomic E-state index is 12.5. The molecule has 0 unspecified atom stereocenters. The summed E-state index contributed by atoms with van der Waals surface area (Å²) in [5.74, 6) is -0.337. The van der Waals surface area contributed by atoms with E-state index in [1.54, 1.807) is 25.1 Å². The van der Waals surface area contributed by atoms with Crippen LogP contribution in [0.3, 0.4) is 0 Å². The Morgan fingerprint density at radius 3 is 2.56 bits per heavy atom. The first-order chi connectivity index (χ1) is 15.4. The maximum Gasteiger partial charge on any atom is 0.344 e. The van der Waals surface area contributed by atoms with Crippen molar-refractivity contribution >= 4 is 51.5 Å². The summed E-state index contributed by atoms with van der Waals surface area (Å²) in [6.07, 6.45) is 1.44. The normalized spacial score (nSPS) is 10.8. The number of esters is 1. The van der Waals surface area contributed by atoms with E-state index < -0.39 is 11.9 Å². The standard InChI is InChI=1S/C23H21IN2O6/c1-3-31-21(28)13-32-22-18(24)8-14(9-20(22)30-2)12-25-26-23(29)17-10-15-6-4-5-7-16(15)11-19(17)27/h4-12,27H,3,13H2,1-2H3,(H,26,29). The van der Waals surface area contributed by atoms with Crippen molar-refractivity contribution < 1.29 is 28.9 Å². The summed E-state index contributed by atoms with van der Waals surface area (Å²) < 4.78 is 16.4. The van der Waals surface area contributed by atoms with Crippen LogP contribution in [-0.4, -0.2) is 43.5 Å². The number of aromatic hydroxyl groups is 1. The lowest BCUT2D eigenvalue weighted by Gasteiger charge is -2.13. The summed E-state index contributed by atoms with van der Waals surface area (Å²) in [5, 5.41) is 15.8. The number of carbonyl (C=O) groups excluding carboxylic acids is 2. The van der Waals surface area contributed by atoms with E-state index in [2.05, 4.69) is 33.1 Å². The van der Waals surface area contributed by atoms with E-state index in [0.29, 0.717) is 20.6 Å². The van der Waals surface area contributed by atoms with Crippen LogP contribution in [0, 0.1) is 3.57 Å². The number of fused-ring (bicyclic) bond motifs is 1. The van der Waals surface area contributed by atoms with Crippen LogP contribution in [0.25, 0.3) is 10.8 Å². The molecule has 32 heavy (non-hydrogen) atoms. The molecule has 0 aliphatic carbocycles. The Balaban J connectivity index is 1.72. The van der Waals surface area contributed by atoms with Gasteiger partial charge in [-0.05, 0) is 70.1 Å². The summed E-state index contributed by atoms with van der Waals surface area (Å²) in [5.41, 5.74) is 3.17. The number of carbonyl (C=O) groups is 2. The number of amides is 1. The predicted molar refractivity (Wildman–Crippen MR) is 129 cm³/mol. The highest BCUT2D eigenvalue weighted by Crippen LogP contribution is 2.33. The van der Waals surface area contributed by atoms with Crippen LogP contribution in [0.4, 0.5) is 0 Å². The monoisotopic (exact) mass is 548 g/mol. The first-order valence-electron chi connectivity index (χ1n) is 9.64. The number of rotatable bonds is 8. The fourth-order valence-corrected chi connectivity index (χ4v) is 3.71. The van der Waals surface area contributed by atoms with Gasteiger partial charge in [0.1, 0.15) is 5.75 Å². The number of ether oxygens (including phenoxy) is 3. The Hall–Kier alpha value is -3.34. The summed E-state index contributed by atoms with van der Waals surface area (Å²) in [7, 11) is 1.48. The van der Waals surface area contributed by atoms with E-state index in [0.717, 1.165) is 10.8 Å². The Kier molecular flexibility index (Phi) is 7.87. The number of hydrazone groups is 1. The molecule has 0 heterocycles. The summed E-state index contributed by atoms with van der Waals surface area (Å²) in [6.45, 7) is 1.75. The number of nitrogens with zero attached hydrogens (tertiary/aromatic N) is 1. The van der Waals surface area contributed by atoms with E-state index in [1.807, 2.05) is 24.3 Å². The number of nitrogens with one attached hydrogen (secondary N) is 1. The highest BCUT2D eigenvalue weighted by molar-refractivity contribution is 14.1. The lowest BCUT2D eigenvalue weighted by atomic mass is 10.1. The van der Waals surface area contributed by atoms with Crippen molar-refractivity contribution in [2.24, 2.45) is 5.10 Å². The number of hydrogen-bond acceptors (Lipinski definition) is 7. The molecule has 0 fully saturated rings. The van der Waals surface area contributed by atoms with Crippen molar-refractivity contribution in [1.82, 2.24) is 5.43 Å². The number of methoxy groups -OCH3 is 1. The Labute approximate surface area is 198 Å². The Morgan fingerprint density at radius 2 is 1.88 bits per heavy atom. The van der Waals surface area contributed by atoms with Gasteiger partial charge >= 0.3 is 5.97 Å². The van der Waals surface area contributed by atoms with Crippen molar-refractivity contribution in [2.75, 3.05) is 20.3 Å². The quantitative estimate of drug-likeness (QED) is 0.192. The van der Waals surface area contributed by atoms with Crippen LogP contribution in [-0.2, 0) is 9.53 Å². The molecule has 0 bridgehead atoms. The van der Waals surface area contributed by atoms with Gasteiger partial charge in [0.15, 0.2) is 18.1 Å². The number of hydrogen-bond donors (Lipinski definition) is 2. The smallest absolute Gasteiger partial charge is 0.344 e. The van der Waals surface area contributed by atoms with Crippen molar-refractivity contribution in [3.63, 3.8) is 0 Å². The molecule has 0 saturated heterocycles. The molecular weight excluding hydrogens is 527 g/mol. The number of phenols is 1. The van der Waals surface area contributed by atoms with E-state index in [9.17, 15) is 14.7 Å². The zero-order valence-electron chi connectivity index (χ0n) is 17.4. The number of halogens is 1. The summed E-state index contributed by atoms with van der Waals surface area (Å²) in [6, 6.07) is 14.0. The molecule has 3 aromatic carbocycles. The molecule has 0 spiro atoms. The first kappa shape index (κ1) is 23.3. The lowest BCUT2D eigenvalue weighted by molar-refractivity contribution is -0.145. The fraction of sp³-hybridized carbons (Fsp3) is 0.174. The lowest BCUT2D eigenvalue weighted by Crippen LogP contribution is -2.18. The molecule has 0 saturated carbocycles. The highest BCUT2D eigenvalue weighted by Gasteiger charge is 2.14. The van der Waals surface area contributed by atoms with Crippen LogP contribution in [0.1, 0.15) is 22.8 Å². The van der Waals surface area contributed by atoms with Gasteiger partial charge < -0.3 is 19.3 Å². The SMILES string of the molecule is CCOC(=O)COc1c(I)cc(C=NNC(=O)c2cc3ccccc3cc2O)cc1OC. The van der Waals surface area contributed by atoms with Crippen molar-refractivity contribution in [3.8, 4) is 17.2 Å². The zero-order valence-corrected chi connectivity index (χ0v) is 19.6. The summed E-state index contributed by atoms with van der Waals surface area (Å²) in [4.78, 5) is 24.0. The zero-order chi connectivity index (χ0) is 23.1. The molecule has 2 N–H and O–H groups in total. The van der Waals surface area contributed by atoms with Crippen molar-refractivity contribution in [3.05, 3.63) is 63.2 Å². The molecule has 166 valence electrons. The van der Waals surface area contributed by atoms with E-state index in [-0.39, 0.29) is 24.5 Å². The van der Waals surface area contributed by atoms with Gasteiger partial charge in [0.2, 0.25) is 0 Å². The maximum atomic E-state index is 12.5. The second-order valence-corrected chi connectivity index (χ2v) is 7.71. The Morgan fingerprint density at radius 1 is 1.16 bits per heavy atom. The van der Waals surface area contributed by atoms with Gasteiger partial charge in [-0.1, -0.05) is 24.3 Å². The second-order valence-electron chi connectivity index (χ2n) is 6.54. The van der Waals surface area contributed by atoms with Crippen LogP contribution in [0.5, 0.6) is 17.2 Å². The molecule has 8 nitrogen and oxygen atoms in total. The van der Waals surface area contributed by atoms with Crippen molar-refractivity contribution in [2.45, 2.75) is 6.92 Å². The molecular formula is C23H21IN2O6. The molecule has 1 amide bonds. The molecule has 0 aliphatic heterocycles. The fourth-order valence-electron chi connectivity index (χ4n) is 2.92. The average molecular weight is 548 g/mol. The molecule has 3 aromatic rings. The largest absolute Gasteiger partial charge is 0.507 e. The topological polar surface area (TPSA) is 106 Å². The Bertz CT molecular complexity index is 1180. The van der Waals surface area contributed by atoms with Crippen LogP contribution in [0.15, 0.2) is 53.6 Å². The van der Waals surface area contributed by atoms with E-state index in [1.165, 1.54) is 19.4 Å². The minimum absolute atomic E-state index is 0.121. The van der Waals surface area contributed by atoms with E-state index in [4.69, 9.17) is 14.2 Å². The van der Waals surface area contributed by atoms with Gasteiger partial charge in [0.25, 0.3) is 5.91 Å². The molecule has 3 rings (SSSR count). The number of benzene rings is 3. The minimum Gasteiger partial charge on any atom is -0.507 e. The molecule has 9 heteroatoms. The van der Waals surface area contributed by atoms with Gasteiger partial charge in [-0.15, -0.1) is 0 Å². The molecule has 0 atom stereocenters. The van der Waals surface area contributed by atoms with Gasteiger partial charge in [-0.3, -0.25) is 4.79 Å². The van der Waals surface area contributed by atoms with Gasteiger partial charge in [0.05, 0.1) is 29.1 Å². The van der Waals surface area contributed by atoms with Crippen molar-refractivity contribution in [1.29, 1.82) is 0 Å². The summed E-state index contributed by atoms with van der Waals surface area (Å²) >= 11 is 2.05. The minimum atomic E-state index is -0.541. The average Bonchev–Trinajstić information content (AvgIpc) is 2.77. The van der Waals surface area contributed by atoms with E-state index >= 15 is 0 Å². The predicted octanol–water partition coefficient (Wildman–Crippen LogP) is 3.86. The van der Waals surface area contributed by atoms with Gasteiger partial charge in [0, 0.05) is 0 Å². The molecule has 0 aromatic heterocycles. The van der Waals surface area contributed by atoms with Gasteiger partial charge in [-0.2, -0.15) is 5.10 Å². The third kappa shape index (κ3) is 5.67. The third-order valence-electron chi connectivity index (χ3n) is 4.38.